The lowest BCUT2D eigenvalue weighted by atomic mass is 10.2. The van der Waals surface area contributed by atoms with Crippen LogP contribution in [-0.4, -0.2) is 24.0 Å². The van der Waals surface area contributed by atoms with Gasteiger partial charge in [-0.25, -0.2) is 0 Å². The number of nitrogens with one attached hydrogen (secondary N) is 2. The van der Waals surface area contributed by atoms with Crippen LogP contribution >= 0.6 is 0 Å². The second-order valence-electron chi connectivity index (χ2n) is 3.70. The molecule has 74 valence electrons. The molecule has 0 spiro atoms. The molecule has 0 bridgehead atoms. The average molecular weight is 182 g/mol. The molecule has 1 amide bonds. The minimum Gasteiger partial charge on any atom is -0.352 e. The Balaban J connectivity index is 2.23. The van der Waals surface area contributed by atoms with Gasteiger partial charge < -0.3 is 10.6 Å². The van der Waals surface area contributed by atoms with Gasteiger partial charge in [0.2, 0.25) is 5.91 Å². The molecule has 1 aliphatic rings. The molecule has 3 nitrogen and oxygen atoms in total. The number of rotatable bonds is 5. The summed E-state index contributed by atoms with van der Waals surface area (Å²) in [6, 6.07) is 0.490. The van der Waals surface area contributed by atoms with Crippen LogP contribution in [0.15, 0.2) is 12.7 Å². The monoisotopic (exact) mass is 182 g/mol. The van der Waals surface area contributed by atoms with Gasteiger partial charge in [0.05, 0.1) is 6.04 Å². The molecule has 0 saturated heterocycles. The fraction of sp³-hybridized carbons (Fsp3) is 0.700. The van der Waals surface area contributed by atoms with Gasteiger partial charge in [-0.3, -0.25) is 4.79 Å². The maximum Gasteiger partial charge on any atom is 0.237 e. The molecular formula is C10H18N2O. The SMILES string of the molecule is C=CC(C)NC(C)C(=O)NC1CC1. The molecule has 3 heteroatoms. The van der Waals surface area contributed by atoms with E-state index in [9.17, 15) is 4.79 Å². The Morgan fingerprint density at radius 1 is 1.54 bits per heavy atom. The second-order valence-corrected chi connectivity index (χ2v) is 3.70. The van der Waals surface area contributed by atoms with Crippen molar-refractivity contribution in [1.82, 2.24) is 10.6 Å². The highest BCUT2D eigenvalue weighted by Gasteiger charge is 2.25. The van der Waals surface area contributed by atoms with Gasteiger partial charge in [-0.05, 0) is 26.7 Å². The molecule has 0 aromatic rings. The molecule has 2 atom stereocenters. The molecule has 1 rings (SSSR count). The predicted molar refractivity (Wildman–Crippen MR) is 53.4 cm³/mol. The van der Waals surface area contributed by atoms with Crippen LogP contribution in [0.2, 0.25) is 0 Å². The third-order valence-electron chi connectivity index (χ3n) is 2.18. The summed E-state index contributed by atoms with van der Waals surface area (Å²) < 4.78 is 0. The first-order valence-electron chi connectivity index (χ1n) is 4.82. The maximum atomic E-state index is 11.4. The number of hydrogen-bond donors (Lipinski definition) is 2. The average Bonchev–Trinajstić information content (AvgIpc) is 2.87. The van der Waals surface area contributed by atoms with Crippen molar-refractivity contribution in [3.8, 4) is 0 Å². The third-order valence-corrected chi connectivity index (χ3v) is 2.18. The van der Waals surface area contributed by atoms with Crippen LogP contribution in [0.1, 0.15) is 26.7 Å². The summed E-state index contributed by atoms with van der Waals surface area (Å²) in [6.45, 7) is 7.50. The van der Waals surface area contributed by atoms with Gasteiger partial charge in [0.15, 0.2) is 0 Å². The predicted octanol–water partition coefficient (Wildman–Crippen LogP) is 0.818. The smallest absolute Gasteiger partial charge is 0.237 e. The Morgan fingerprint density at radius 2 is 2.15 bits per heavy atom. The zero-order chi connectivity index (χ0) is 9.84. The van der Waals surface area contributed by atoms with Crippen molar-refractivity contribution in [2.75, 3.05) is 0 Å². The van der Waals surface area contributed by atoms with Crippen LogP contribution in [0, 0.1) is 0 Å². The molecule has 1 saturated carbocycles. The Hall–Kier alpha value is -0.830. The first-order chi connectivity index (χ1) is 6.13. The van der Waals surface area contributed by atoms with Crippen LogP contribution in [-0.2, 0) is 4.79 Å². The molecule has 13 heavy (non-hydrogen) atoms. The highest BCUT2D eigenvalue weighted by molar-refractivity contribution is 5.81. The van der Waals surface area contributed by atoms with Crippen LogP contribution in [0.3, 0.4) is 0 Å². The quantitative estimate of drug-likeness (QED) is 0.618. The van der Waals surface area contributed by atoms with E-state index in [2.05, 4.69) is 17.2 Å². The van der Waals surface area contributed by atoms with Gasteiger partial charge in [-0.2, -0.15) is 0 Å². The van der Waals surface area contributed by atoms with E-state index in [1.807, 2.05) is 13.8 Å². The largest absolute Gasteiger partial charge is 0.352 e. The molecule has 2 N–H and O–H groups in total. The fourth-order valence-corrected chi connectivity index (χ4v) is 1.09. The molecule has 1 aliphatic carbocycles. The molecule has 2 unspecified atom stereocenters. The highest BCUT2D eigenvalue weighted by atomic mass is 16.2. The van der Waals surface area contributed by atoms with Crippen molar-refractivity contribution in [1.29, 1.82) is 0 Å². The van der Waals surface area contributed by atoms with E-state index in [1.165, 1.54) is 0 Å². The van der Waals surface area contributed by atoms with Crippen molar-refractivity contribution in [2.45, 2.75) is 44.8 Å². The standard InChI is InChI=1S/C10H18N2O/c1-4-7(2)11-8(3)10(13)12-9-5-6-9/h4,7-9,11H,1,5-6H2,2-3H3,(H,12,13). The normalized spacial score (nSPS) is 20.5. The molecule has 0 radical (unpaired) electrons. The number of hydrogen-bond acceptors (Lipinski definition) is 2. The van der Waals surface area contributed by atoms with E-state index in [-0.39, 0.29) is 18.0 Å². The van der Waals surface area contributed by atoms with Crippen LogP contribution in [0.4, 0.5) is 0 Å². The Bertz CT molecular complexity index is 199. The summed E-state index contributed by atoms with van der Waals surface area (Å²) in [5.74, 6) is 0.0937. The molecule has 0 aromatic heterocycles. The number of amides is 1. The topological polar surface area (TPSA) is 41.1 Å². The van der Waals surface area contributed by atoms with Gasteiger partial charge in [-0.1, -0.05) is 6.08 Å². The number of carbonyl (C=O) groups excluding carboxylic acids is 1. The Labute approximate surface area is 79.6 Å². The first kappa shape index (κ1) is 10.3. The minimum atomic E-state index is -0.131. The van der Waals surface area contributed by atoms with Crippen LogP contribution in [0.25, 0.3) is 0 Å². The third kappa shape index (κ3) is 3.59. The molecule has 1 fully saturated rings. The molecular weight excluding hydrogens is 164 g/mol. The van der Waals surface area contributed by atoms with Crippen LogP contribution in [0.5, 0.6) is 0 Å². The Morgan fingerprint density at radius 3 is 2.62 bits per heavy atom. The lowest BCUT2D eigenvalue weighted by molar-refractivity contribution is -0.123. The Kier molecular flexibility index (Phi) is 3.48. The van der Waals surface area contributed by atoms with E-state index < -0.39 is 0 Å². The number of carbonyl (C=O) groups is 1. The van der Waals surface area contributed by atoms with Gasteiger partial charge in [-0.15, -0.1) is 6.58 Å². The summed E-state index contributed by atoms with van der Waals surface area (Å²) >= 11 is 0. The summed E-state index contributed by atoms with van der Waals surface area (Å²) in [6.07, 6.45) is 4.06. The van der Waals surface area contributed by atoms with E-state index in [4.69, 9.17) is 0 Å². The van der Waals surface area contributed by atoms with Crippen molar-refractivity contribution >= 4 is 5.91 Å². The van der Waals surface area contributed by atoms with E-state index in [1.54, 1.807) is 6.08 Å². The van der Waals surface area contributed by atoms with E-state index >= 15 is 0 Å². The van der Waals surface area contributed by atoms with Gasteiger partial charge >= 0.3 is 0 Å². The molecule has 0 aromatic carbocycles. The maximum absolute atomic E-state index is 11.4. The van der Waals surface area contributed by atoms with E-state index in [0.29, 0.717) is 6.04 Å². The zero-order valence-electron chi connectivity index (χ0n) is 8.34. The van der Waals surface area contributed by atoms with Gasteiger partial charge in [0.25, 0.3) is 0 Å². The van der Waals surface area contributed by atoms with Crippen molar-refractivity contribution in [3.63, 3.8) is 0 Å². The fourth-order valence-electron chi connectivity index (χ4n) is 1.09. The van der Waals surface area contributed by atoms with Gasteiger partial charge in [0, 0.05) is 12.1 Å². The summed E-state index contributed by atoms with van der Waals surface area (Å²) in [5.41, 5.74) is 0. The minimum absolute atomic E-state index is 0.0937. The van der Waals surface area contributed by atoms with Gasteiger partial charge in [0.1, 0.15) is 0 Å². The molecule has 0 aliphatic heterocycles. The lowest BCUT2D eigenvalue weighted by Crippen LogP contribution is -2.45. The lowest BCUT2D eigenvalue weighted by Gasteiger charge is -2.16. The van der Waals surface area contributed by atoms with Crippen molar-refractivity contribution in [2.24, 2.45) is 0 Å². The second kappa shape index (κ2) is 4.42. The summed E-state index contributed by atoms with van der Waals surface area (Å²) in [5, 5.41) is 6.08. The van der Waals surface area contributed by atoms with Crippen molar-refractivity contribution in [3.05, 3.63) is 12.7 Å². The van der Waals surface area contributed by atoms with Crippen LogP contribution < -0.4 is 10.6 Å². The summed E-state index contributed by atoms with van der Waals surface area (Å²) in [4.78, 5) is 11.4. The summed E-state index contributed by atoms with van der Waals surface area (Å²) in [7, 11) is 0. The van der Waals surface area contributed by atoms with Crippen molar-refractivity contribution < 1.29 is 4.79 Å². The first-order valence-corrected chi connectivity index (χ1v) is 4.82. The van der Waals surface area contributed by atoms with E-state index in [0.717, 1.165) is 12.8 Å². The highest BCUT2D eigenvalue weighted by Crippen LogP contribution is 2.18. The zero-order valence-corrected chi connectivity index (χ0v) is 8.34. The molecule has 0 heterocycles.